The van der Waals surface area contributed by atoms with Gasteiger partial charge in [0, 0.05) is 24.0 Å². The Labute approximate surface area is 116 Å². The fraction of sp³-hybridized carbons (Fsp3) is 0.214. The van der Waals surface area contributed by atoms with Gasteiger partial charge in [-0.2, -0.15) is 0 Å². The minimum absolute atomic E-state index is 0.528. The third-order valence-corrected chi connectivity index (χ3v) is 3.10. The second kappa shape index (κ2) is 5.56. The normalized spacial score (nSPS) is 10.7. The van der Waals surface area contributed by atoms with Crippen LogP contribution in [-0.2, 0) is 13.1 Å². The number of aryl methyl sites for hydroxylation is 1. The maximum absolute atomic E-state index is 5.15. The lowest BCUT2D eigenvalue weighted by atomic mass is 10.2. The van der Waals surface area contributed by atoms with Crippen LogP contribution in [0.25, 0.3) is 11.5 Å². The summed E-state index contributed by atoms with van der Waals surface area (Å²) >= 11 is 0. The summed E-state index contributed by atoms with van der Waals surface area (Å²) in [7, 11) is 0. The molecule has 3 rings (SSSR count). The molecule has 0 saturated carbocycles. The van der Waals surface area contributed by atoms with Crippen molar-refractivity contribution in [2.75, 3.05) is 5.32 Å². The van der Waals surface area contributed by atoms with Crippen LogP contribution in [-0.4, -0.2) is 19.7 Å². The van der Waals surface area contributed by atoms with Crippen LogP contribution in [0.3, 0.4) is 0 Å². The molecule has 0 radical (unpaired) electrons. The number of hydrogen-bond acceptors (Lipinski definition) is 5. The van der Waals surface area contributed by atoms with Gasteiger partial charge in [-0.1, -0.05) is 0 Å². The summed E-state index contributed by atoms with van der Waals surface area (Å²) in [4.78, 5) is 4.15. The molecule has 0 atom stereocenters. The summed E-state index contributed by atoms with van der Waals surface area (Å²) in [6.45, 7) is 3.77. The minimum Gasteiger partial charge on any atom is -0.423 e. The maximum atomic E-state index is 5.15. The molecule has 102 valence electrons. The van der Waals surface area contributed by atoms with Crippen LogP contribution in [0, 0.1) is 0 Å². The second-order valence-electron chi connectivity index (χ2n) is 4.35. The molecule has 2 heterocycles. The first-order valence-electron chi connectivity index (χ1n) is 6.46. The average molecular weight is 269 g/mol. The van der Waals surface area contributed by atoms with Crippen molar-refractivity contribution in [3.8, 4) is 11.5 Å². The Morgan fingerprint density at radius 2 is 2.10 bits per heavy atom. The van der Waals surface area contributed by atoms with Crippen molar-refractivity contribution in [2.45, 2.75) is 20.0 Å². The Kier molecular flexibility index (Phi) is 3.45. The monoisotopic (exact) mass is 269 g/mol. The van der Waals surface area contributed by atoms with Crippen LogP contribution in [0.4, 0.5) is 5.69 Å². The number of rotatable bonds is 5. The summed E-state index contributed by atoms with van der Waals surface area (Å²) in [5.41, 5.74) is 3.11. The van der Waals surface area contributed by atoms with Gasteiger partial charge in [0.1, 0.15) is 0 Å². The van der Waals surface area contributed by atoms with E-state index >= 15 is 0 Å². The highest BCUT2D eigenvalue weighted by molar-refractivity contribution is 5.58. The zero-order valence-corrected chi connectivity index (χ0v) is 11.2. The lowest BCUT2D eigenvalue weighted by Crippen LogP contribution is -2.05. The molecule has 6 nitrogen and oxygen atoms in total. The van der Waals surface area contributed by atoms with Crippen LogP contribution in [0.2, 0.25) is 0 Å². The standard InChI is InChI=1S/C14H15N5O/c1-2-19-9-15-7-13(19)8-16-12-5-3-11(4-6-12)14-18-17-10-20-14/h3-7,9-10,16H,2,8H2,1H3. The molecule has 0 unspecified atom stereocenters. The number of aromatic nitrogens is 4. The SMILES string of the molecule is CCn1cncc1CNc1ccc(-c2nnco2)cc1. The minimum atomic E-state index is 0.528. The Bertz CT molecular complexity index is 657. The van der Waals surface area contributed by atoms with Crippen molar-refractivity contribution in [1.82, 2.24) is 19.7 Å². The van der Waals surface area contributed by atoms with E-state index in [1.165, 1.54) is 6.39 Å². The number of anilines is 1. The van der Waals surface area contributed by atoms with Crippen LogP contribution in [0.15, 0.2) is 47.6 Å². The van der Waals surface area contributed by atoms with Crippen LogP contribution < -0.4 is 5.32 Å². The zero-order chi connectivity index (χ0) is 13.8. The van der Waals surface area contributed by atoms with Crippen molar-refractivity contribution in [1.29, 1.82) is 0 Å². The molecular formula is C14H15N5O. The van der Waals surface area contributed by atoms with Gasteiger partial charge in [0.15, 0.2) is 0 Å². The van der Waals surface area contributed by atoms with Crippen LogP contribution >= 0.6 is 0 Å². The molecule has 0 aliphatic carbocycles. The molecule has 0 aliphatic heterocycles. The lowest BCUT2D eigenvalue weighted by Gasteiger charge is -2.08. The molecular weight excluding hydrogens is 254 g/mol. The number of nitrogens with zero attached hydrogens (tertiary/aromatic N) is 4. The third-order valence-electron chi connectivity index (χ3n) is 3.10. The first-order chi connectivity index (χ1) is 9.86. The van der Waals surface area contributed by atoms with E-state index in [2.05, 4.69) is 32.0 Å². The summed E-state index contributed by atoms with van der Waals surface area (Å²) < 4.78 is 7.27. The van der Waals surface area contributed by atoms with Crippen molar-refractivity contribution in [3.63, 3.8) is 0 Å². The van der Waals surface area contributed by atoms with E-state index in [9.17, 15) is 0 Å². The quantitative estimate of drug-likeness (QED) is 0.771. The maximum Gasteiger partial charge on any atom is 0.247 e. The lowest BCUT2D eigenvalue weighted by molar-refractivity contribution is 0.568. The van der Waals surface area contributed by atoms with Crippen molar-refractivity contribution in [2.24, 2.45) is 0 Å². The fourth-order valence-electron chi connectivity index (χ4n) is 2.00. The predicted octanol–water partition coefficient (Wildman–Crippen LogP) is 2.57. The summed E-state index contributed by atoms with van der Waals surface area (Å²) in [6, 6.07) is 7.89. The van der Waals surface area contributed by atoms with E-state index in [-0.39, 0.29) is 0 Å². The Hall–Kier alpha value is -2.63. The molecule has 20 heavy (non-hydrogen) atoms. The number of imidazole rings is 1. The van der Waals surface area contributed by atoms with Crippen LogP contribution in [0.5, 0.6) is 0 Å². The van der Waals surface area contributed by atoms with Gasteiger partial charge in [-0.05, 0) is 31.2 Å². The summed E-state index contributed by atoms with van der Waals surface area (Å²) in [6.07, 6.45) is 5.05. The van der Waals surface area contributed by atoms with Gasteiger partial charge in [-0.15, -0.1) is 10.2 Å². The predicted molar refractivity (Wildman–Crippen MR) is 75.0 cm³/mol. The third kappa shape index (κ3) is 2.54. The molecule has 2 aromatic heterocycles. The van der Waals surface area contributed by atoms with Crippen molar-refractivity contribution in [3.05, 3.63) is 48.9 Å². The van der Waals surface area contributed by atoms with E-state index in [4.69, 9.17) is 4.42 Å². The van der Waals surface area contributed by atoms with E-state index in [1.807, 2.05) is 36.8 Å². The molecule has 3 aromatic rings. The summed E-state index contributed by atoms with van der Waals surface area (Å²) in [5, 5.41) is 10.9. The van der Waals surface area contributed by atoms with Gasteiger partial charge < -0.3 is 14.3 Å². The van der Waals surface area contributed by atoms with E-state index < -0.39 is 0 Å². The number of hydrogen-bond donors (Lipinski definition) is 1. The Morgan fingerprint density at radius 3 is 2.80 bits per heavy atom. The highest BCUT2D eigenvalue weighted by atomic mass is 16.4. The molecule has 0 amide bonds. The van der Waals surface area contributed by atoms with Gasteiger partial charge in [-0.25, -0.2) is 4.98 Å². The van der Waals surface area contributed by atoms with Crippen molar-refractivity contribution < 1.29 is 4.42 Å². The molecule has 0 fully saturated rings. The second-order valence-corrected chi connectivity index (χ2v) is 4.35. The average Bonchev–Trinajstić information content (AvgIpc) is 3.16. The molecule has 0 spiro atoms. The number of benzene rings is 1. The molecule has 0 aliphatic rings. The highest BCUT2D eigenvalue weighted by Crippen LogP contribution is 2.19. The first-order valence-corrected chi connectivity index (χ1v) is 6.46. The first kappa shape index (κ1) is 12.4. The van der Waals surface area contributed by atoms with Crippen molar-refractivity contribution >= 4 is 5.69 Å². The van der Waals surface area contributed by atoms with Gasteiger partial charge in [-0.3, -0.25) is 0 Å². The summed E-state index contributed by atoms with van der Waals surface area (Å²) in [5.74, 6) is 0.528. The highest BCUT2D eigenvalue weighted by Gasteiger charge is 2.04. The molecule has 0 bridgehead atoms. The molecule has 6 heteroatoms. The van der Waals surface area contributed by atoms with Gasteiger partial charge >= 0.3 is 0 Å². The number of nitrogens with one attached hydrogen (secondary N) is 1. The van der Waals surface area contributed by atoms with Gasteiger partial charge in [0.05, 0.1) is 18.6 Å². The molecule has 1 N–H and O–H groups in total. The van der Waals surface area contributed by atoms with E-state index in [0.29, 0.717) is 5.89 Å². The van der Waals surface area contributed by atoms with Gasteiger partial charge in [0.25, 0.3) is 0 Å². The van der Waals surface area contributed by atoms with E-state index in [1.54, 1.807) is 0 Å². The largest absolute Gasteiger partial charge is 0.423 e. The smallest absolute Gasteiger partial charge is 0.247 e. The molecule has 0 saturated heterocycles. The Balaban J connectivity index is 1.67. The topological polar surface area (TPSA) is 68.8 Å². The Morgan fingerprint density at radius 1 is 1.25 bits per heavy atom. The van der Waals surface area contributed by atoms with E-state index in [0.717, 1.165) is 30.0 Å². The molecule has 1 aromatic carbocycles. The van der Waals surface area contributed by atoms with Gasteiger partial charge in [0.2, 0.25) is 12.3 Å². The fourth-order valence-corrected chi connectivity index (χ4v) is 2.00. The van der Waals surface area contributed by atoms with Crippen LogP contribution in [0.1, 0.15) is 12.6 Å². The zero-order valence-electron chi connectivity index (χ0n) is 11.2.